The maximum Gasteiger partial charge on any atom is 0.270 e. The number of rotatable bonds is 2. The van der Waals surface area contributed by atoms with Crippen molar-refractivity contribution in [1.29, 1.82) is 5.26 Å². The van der Waals surface area contributed by atoms with Crippen LogP contribution in [0, 0.1) is 17.9 Å². The minimum atomic E-state index is -0.198. The first-order chi connectivity index (χ1) is 22.2. The summed E-state index contributed by atoms with van der Waals surface area (Å²) in [4.78, 5) is 5.62. The van der Waals surface area contributed by atoms with Crippen molar-refractivity contribution in [1.82, 2.24) is 0 Å². The van der Waals surface area contributed by atoms with E-state index in [9.17, 15) is 20.6 Å². The molecule has 7 rings (SSSR count). The molecule has 0 spiro atoms. The lowest BCUT2D eigenvalue weighted by Gasteiger charge is -2.35. The number of allylic oxidation sites excluding steroid dienone is 3. The molecule has 2 aliphatic rings. The molecule has 0 fully saturated rings. The van der Waals surface area contributed by atoms with E-state index in [-0.39, 0.29) is 28.5 Å². The van der Waals surface area contributed by atoms with E-state index in [4.69, 9.17) is 6.57 Å². The van der Waals surface area contributed by atoms with Crippen LogP contribution in [0.2, 0.25) is 0 Å². The molecule has 2 aliphatic carbocycles. The molecule has 5 aromatic carbocycles. The second-order valence-corrected chi connectivity index (χ2v) is 11.8. The molecule has 0 unspecified atom stereocenters. The Bertz CT molecular complexity index is 2390. The fourth-order valence-electron chi connectivity index (χ4n) is 7.14. The van der Waals surface area contributed by atoms with Gasteiger partial charge in [-0.15, -0.1) is 0 Å². The molecule has 0 amide bonds. The number of benzene rings is 5. The van der Waals surface area contributed by atoms with Crippen molar-refractivity contribution in [2.24, 2.45) is 0 Å². The molecule has 7 nitrogen and oxygen atoms in total. The van der Waals surface area contributed by atoms with E-state index in [1.807, 2.05) is 98.3 Å². The SMILES string of the molecule is [C-]#[N+]/C(C#N)=C1C(c2c3ccccc3c(N(C)C)c3cccc(O)c23)=C(O)C/1=C1\c2ccccc2C(=[N+](C)C)c2cccc(O)c21. The van der Waals surface area contributed by atoms with Gasteiger partial charge in [-0.25, -0.2) is 14.7 Å². The molecular formula is C39H29N4O3+. The molecule has 0 aliphatic heterocycles. The lowest BCUT2D eigenvalue weighted by atomic mass is 9.69. The molecule has 0 aromatic heterocycles. The molecule has 0 saturated carbocycles. The Hall–Kier alpha value is -6.31. The highest BCUT2D eigenvalue weighted by molar-refractivity contribution is 6.26. The molecule has 0 atom stereocenters. The van der Waals surface area contributed by atoms with Gasteiger partial charge in [0.1, 0.15) is 31.4 Å². The number of aliphatic hydroxyl groups is 1. The topological polar surface area (TPSA) is 95.1 Å². The lowest BCUT2D eigenvalue weighted by molar-refractivity contribution is -0.463. The Morgan fingerprint density at radius 3 is 2.00 bits per heavy atom. The Labute approximate surface area is 266 Å². The monoisotopic (exact) mass is 601 g/mol. The van der Waals surface area contributed by atoms with Gasteiger partial charge in [0.25, 0.3) is 5.70 Å². The van der Waals surface area contributed by atoms with E-state index in [0.29, 0.717) is 33.2 Å². The summed E-state index contributed by atoms with van der Waals surface area (Å²) in [7, 11) is 7.76. The van der Waals surface area contributed by atoms with Gasteiger partial charge in [-0.05, 0) is 35.2 Å². The number of nitrogens with zero attached hydrogens (tertiary/aromatic N) is 4. The number of aliphatic hydroxyl groups excluding tert-OH is 1. The van der Waals surface area contributed by atoms with Gasteiger partial charge in [-0.3, -0.25) is 0 Å². The van der Waals surface area contributed by atoms with Gasteiger partial charge >= 0.3 is 0 Å². The van der Waals surface area contributed by atoms with Crippen LogP contribution in [0.1, 0.15) is 27.8 Å². The summed E-state index contributed by atoms with van der Waals surface area (Å²) >= 11 is 0. The number of hydrogen-bond donors (Lipinski definition) is 3. The molecule has 0 saturated heterocycles. The third kappa shape index (κ3) is 3.79. The first kappa shape index (κ1) is 28.5. The quantitative estimate of drug-likeness (QED) is 0.0834. The van der Waals surface area contributed by atoms with Gasteiger partial charge in [0.15, 0.2) is 0 Å². The summed E-state index contributed by atoms with van der Waals surface area (Å²) in [6.45, 7) is 8.03. The predicted octanol–water partition coefficient (Wildman–Crippen LogP) is 7.37. The van der Waals surface area contributed by atoms with E-state index < -0.39 is 0 Å². The standard InChI is InChI=1S/C39H28N4O3/c1-41-27(20-40)34-35(32-21-12-6-8-14-23(21)37(42(2)3)25-16-10-18-28(44)30(25)32)39(46)36(34)33-22-13-7-9-15-24(22)38(43(4)5)26-17-11-19-29(45)31(26)33/h6-19H,2-5H3,(H2-,44,45,46)/p+1. The van der Waals surface area contributed by atoms with E-state index in [1.165, 1.54) is 0 Å². The minimum Gasteiger partial charge on any atom is -0.507 e. The van der Waals surface area contributed by atoms with Crippen LogP contribution in [0.5, 0.6) is 11.5 Å². The highest BCUT2D eigenvalue weighted by Gasteiger charge is 2.42. The van der Waals surface area contributed by atoms with Gasteiger partial charge in [0, 0.05) is 63.7 Å². The van der Waals surface area contributed by atoms with E-state index in [0.717, 1.165) is 44.2 Å². The average Bonchev–Trinajstić information content (AvgIpc) is 3.04. The van der Waals surface area contributed by atoms with E-state index in [1.54, 1.807) is 24.3 Å². The molecular weight excluding hydrogens is 572 g/mol. The lowest BCUT2D eigenvalue weighted by Crippen LogP contribution is -2.25. The first-order valence-electron chi connectivity index (χ1n) is 14.7. The zero-order valence-corrected chi connectivity index (χ0v) is 25.7. The number of fused-ring (bicyclic) bond motifs is 4. The zero-order chi connectivity index (χ0) is 32.4. The zero-order valence-electron chi connectivity index (χ0n) is 25.7. The largest absolute Gasteiger partial charge is 0.507 e. The van der Waals surface area contributed by atoms with Crippen LogP contribution in [-0.2, 0) is 0 Å². The van der Waals surface area contributed by atoms with Gasteiger partial charge in [-0.1, -0.05) is 60.7 Å². The van der Waals surface area contributed by atoms with Crippen molar-refractivity contribution in [3.63, 3.8) is 0 Å². The van der Waals surface area contributed by atoms with Crippen LogP contribution in [0.25, 0.3) is 37.5 Å². The van der Waals surface area contributed by atoms with Crippen molar-refractivity contribution in [3.05, 3.63) is 147 Å². The Morgan fingerprint density at radius 1 is 0.717 bits per heavy atom. The number of nitriles is 1. The summed E-state index contributed by atoms with van der Waals surface area (Å²) in [5.41, 5.74) is 6.44. The third-order valence-electron chi connectivity index (χ3n) is 8.82. The van der Waals surface area contributed by atoms with Gasteiger partial charge in [0.2, 0.25) is 5.71 Å². The van der Waals surface area contributed by atoms with Crippen molar-refractivity contribution in [3.8, 4) is 17.6 Å². The summed E-state index contributed by atoms with van der Waals surface area (Å²) in [5.74, 6) is -0.0923. The molecule has 0 bridgehead atoms. The molecule has 3 N–H and O–H groups in total. The molecule has 0 heterocycles. The van der Waals surface area contributed by atoms with Gasteiger partial charge in [0.05, 0.1) is 29.5 Å². The summed E-state index contributed by atoms with van der Waals surface area (Å²) in [6.07, 6.45) is 0. The van der Waals surface area contributed by atoms with Crippen molar-refractivity contribution in [2.75, 3.05) is 33.1 Å². The van der Waals surface area contributed by atoms with Gasteiger partial charge in [-0.2, -0.15) is 0 Å². The summed E-state index contributed by atoms with van der Waals surface area (Å²) in [5, 5.41) is 48.3. The fourth-order valence-corrected chi connectivity index (χ4v) is 7.14. The normalized spacial score (nSPS) is 16.3. The van der Waals surface area contributed by atoms with Crippen LogP contribution in [0.4, 0.5) is 5.69 Å². The number of anilines is 1. The third-order valence-corrected chi connectivity index (χ3v) is 8.82. The molecule has 5 aromatic rings. The average molecular weight is 602 g/mol. The van der Waals surface area contributed by atoms with Crippen LogP contribution in [-0.4, -0.2) is 53.8 Å². The Kier molecular flexibility index (Phi) is 6.44. The minimum absolute atomic E-state index is 0.0136. The van der Waals surface area contributed by atoms with E-state index in [2.05, 4.69) is 10.9 Å². The molecule has 0 radical (unpaired) electrons. The molecule has 222 valence electrons. The van der Waals surface area contributed by atoms with Gasteiger partial charge < -0.3 is 20.2 Å². The van der Waals surface area contributed by atoms with Crippen LogP contribution < -0.4 is 4.90 Å². The maximum absolute atomic E-state index is 12.3. The molecule has 7 heteroatoms. The summed E-state index contributed by atoms with van der Waals surface area (Å²) < 4.78 is 1.99. The number of aromatic hydroxyl groups is 2. The van der Waals surface area contributed by atoms with Crippen molar-refractivity contribution >= 4 is 44.1 Å². The predicted molar refractivity (Wildman–Crippen MR) is 182 cm³/mol. The second-order valence-electron chi connectivity index (χ2n) is 11.8. The van der Waals surface area contributed by atoms with E-state index >= 15 is 0 Å². The summed E-state index contributed by atoms with van der Waals surface area (Å²) in [6, 6.07) is 28.1. The van der Waals surface area contributed by atoms with Crippen LogP contribution in [0.15, 0.2) is 108 Å². The highest BCUT2D eigenvalue weighted by Crippen LogP contribution is 2.57. The Balaban J connectivity index is 1.72. The Morgan fingerprint density at radius 2 is 1.33 bits per heavy atom. The first-order valence-corrected chi connectivity index (χ1v) is 14.7. The molecule has 46 heavy (non-hydrogen) atoms. The number of phenols is 2. The maximum atomic E-state index is 12.3. The van der Waals surface area contributed by atoms with Crippen molar-refractivity contribution in [2.45, 2.75) is 0 Å². The van der Waals surface area contributed by atoms with Crippen molar-refractivity contribution < 1.29 is 19.9 Å². The highest BCUT2D eigenvalue weighted by atomic mass is 16.3. The number of phenolic OH excluding ortho intramolecular Hbond substituents is 2. The number of hydrogen-bond acceptors (Lipinski definition) is 5. The smallest absolute Gasteiger partial charge is 0.270 e. The van der Waals surface area contributed by atoms with Crippen LogP contribution in [0.3, 0.4) is 0 Å². The second kappa shape index (κ2) is 10.4. The van der Waals surface area contributed by atoms with Crippen LogP contribution >= 0.6 is 0 Å². The fraction of sp³-hybridized carbons (Fsp3) is 0.103.